The number of carbonyl (C=O) groups excluding carboxylic acids is 3. The third-order valence-corrected chi connectivity index (χ3v) is 3.89. The van der Waals surface area contributed by atoms with Gasteiger partial charge < -0.3 is 15.4 Å². The Morgan fingerprint density at radius 2 is 1.34 bits per heavy atom. The molecule has 146 valence electrons. The van der Waals surface area contributed by atoms with Gasteiger partial charge in [-0.1, -0.05) is 18.2 Å². The summed E-state index contributed by atoms with van der Waals surface area (Å²) in [6, 6.07) is 18.0. The van der Waals surface area contributed by atoms with Crippen LogP contribution in [0.5, 0.6) is 5.75 Å². The Morgan fingerprint density at radius 1 is 0.759 bits per heavy atom. The highest BCUT2D eigenvalue weighted by Crippen LogP contribution is 2.23. The average molecular weight is 392 g/mol. The first-order valence-electron chi connectivity index (χ1n) is 8.68. The normalized spacial score (nSPS) is 10.1. The smallest absolute Gasteiger partial charge is 0.308 e. The molecule has 0 aromatic heterocycles. The molecule has 0 saturated carbocycles. The van der Waals surface area contributed by atoms with Gasteiger partial charge in [-0.3, -0.25) is 14.4 Å². The zero-order chi connectivity index (χ0) is 20.8. The van der Waals surface area contributed by atoms with E-state index in [-0.39, 0.29) is 16.9 Å². The molecule has 6 nitrogen and oxygen atoms in total. The topological polar surface area (TPSA) is 84.5 Å². The fourth-order valence-corrected chi connectivity index (χ4v) is 2.56. The molecule has 0 fully saturated rings. The molecule has 7 heteroatoms. The van der Waals surface area contributed by atoms with E-state index in [1.807, 2.05) is 0 Å². The Balaban J connectivity index is 1.77. The Kier molecular flexibility index (Phi) is 5.99. The van der Waals surface area contributed by atoms with Crippen LogP contribution >= 0.6 is 0 Å². The van der Waals surface area contributed by atoms with E-state index >= 15 is 0 Å². The Hall–Kier alpha value is -4.00. The monoisotopic (exact) mass is 392 g/mol. The molecule has 3 aromatic rings. The summed E-state index contributed by atoms with van der Waals surface area (Å²) in [6.07, 6.45) is 0. The zero-order valence-electron chi connectivity index (χ0n) is 15.4. The maximum atomic E-state index is 13.0. The number of anilines is 2. The van der Waals surface area contributed by atoms with Gasteiger partial charge in [0.2, 0.25) is 0 Å². The van der Waals surface area contributed by atoms with Crippen molar-refractivity contribution < 1.29 is 23.5 Å². The molecule has 29 heavy (non-hydrogen) atoms. The second-order valence-corrected chi connectivity index (χ2v) is 6.08. The van der Waals surface area contributed by atoms with Gasteiger partial charge in [-0.25, -0.2) is 4.39 Å². The van der Waals surface area contributed by atoms with Gasteiger partial charge in [0.1, 0.15) is 11.6 Å². The minimum atomic E-state index is -0.489. The van der Waals surface area contributed by atoms with E-state index in [0.29, 0.717) is 11.4 Å². The van der Waals surface area contributed by atoms with Gasteiger partial charge >= 0.3 is 5.97 Å². The van der Waals surface area contributed by atoms with Crippen LogP contribution in [0, 0.1) is 5.82 Å². The van der Waals surface area contributed by atoms with Crippen LogP contribution in [0.2, 0.25) is 0 Å². The molecular formula is C22H17FN2O4. The summed E-state index contributed by atoms with van der Waals surface area (Å²) in [5.41, 5.74) is 1.32. The van der Waals surface area contributed by atoms with E-state index < -0.39 is 23.6 Å². The summed E-state index contributed by atoms with van der Waals surface area (Å²) in [5, 5.41) is 5.41. The van der Waals surface area contributed by atoms with Gasteiger partial charge in [0.25, 0.3) is 11.8 Å². The lowest BCUT2D eigenvalue weighted by atomic mass is 10.1. The zero-order valence-corrected chi connectivity index (χ0v) is 15.4. The SMILES string of the molecule is CC(=O)Oc1cccc(C(=O)Nc2ccccc2NC(=O)c2ccc(F)cc2)c1. The molecule has 0 unspecified atom stereocenters. The largest absolute Gasteiger partial charge is 0.427 e. The van der Waals surface area contributed by atoms with Gasteiger partial charge in [-0.05, 0) is 54.6 Å². The highest BCUT2D eigenvalue weighted by molar-refractivity contribution is 6.10. The minimum Gasteiger partial charge on any atom is -0.427 e. The van der Waals surface area contributed by atoms with E-state index in [1.165, 1.54) is 37.3 Å². The fraction of sp³-hybridized carbons (Fsp3) is 0.0455. The number of hydrogen-bond acceptors (Lipinski definition) is 4. The summed E-state index contributed by atoms with van der Waals surface area (Å²) in [5.74, 6) is -1.56. The van der Waals surface area contributed by atoms with E-state index in [4.69, 9.17) is 4.74 Å². The van der Waals surface area contributed by atoms with Gasteiger partial charge in [0.15, 0.2) is 0 Å². The van der Waals surface area contributed by atoms with Crippen molar-refractivity contribution in [2.45, 2.75) is 6.92 Å². The first-order valence-corrected chi connectivity index (χ1v) is 8.68. The van der Waals surface area contributed by atoms with Crippen LogP contribution in [0.1, 0.15) is 27.6 Å². The highest BCUT2D eigenvalue weighted by atomic mass is 19.1. The van der Waals surface area contributed by atoms with Crippen molar-refractivity contribution in [3.05, 3.63) is 89.7 Å². The highest BCUT2D eigenvalue weighted by Gasteiger charge is 2.13. The lowest BCUT2D eigenvalue weighted by Crippen LogP contribution is -2.17. The van der Waals surface area contributed by atoms with Crippen molar-refractivity contribution in [2.75, 3.05) is 10.6 Å². The van der Waals surface area contributed by atoms with Gasteiger partial charge in [-0.15, -0.1) is 0 Å². The van der Waals surface area contributed by atoms with Crippen molar-refractivity contribution in [3.8, 4) is 5.75 Å². The number of hydrogen-bond donors (Lipinski definition) is 2. The maximum absolute atomic E-state index is 13.0. The van der Waals surface area contributed by atoms with Crippen LogP contribution in [-0.2, 0) is 4.79 Å². The minimum absolute atomic E-state index is 0.253. The average Bonchev–Trinajstić information content (AvgIpc) is 2.69. The standard InChI is InChI=1S/C22H17FN2O4/c1-14(26)29-18-6-4-5-16(13-18)22(28)25-20-8-3-2-7-19(20)24-21(27)15-9-11-17(23)12-10-15/h2-13H,1H3,(H,24,27)(H,25,28). The number of halogens is 1. The summed E-state index contributed by atoms with van der Waals surface area (Å²) >= 11 is 0. The molecule has 0 aliphatic rings. The van der Waals surface area contributed by atoms with Gasteiger partial charge in [0.05, 0.1) is 11.4 Å². The second kappa shape index (κ2) is 8.79. The quantitative estimate of drug-likeness (QED) is 0.502. The third-order valence-electron chi connectivity index (χ3n) is 3.89. The maximum Gasteiger partial charge on any atom is 0.308 e. The molecule has 0 aliphatic heterocycles. The molecular weight excluding hydrogens is 375 g/mol. The number of ether oxygens (including phenoxy) is 1. The Labute approximate surface area is 166 Å². The first-order chi connectivity index (χ1) is 13.9. The van der Waals surface area contributed by atoms with Crippen molar-refractivity contribution in [3.63, 3.8) is 0 Å². The lowest BCUT2D eigenvalue weighted by Gasteiger charge is -2.13. The second-order valence-electron chi connectivity index (χ2n) is 6.08. The predicted octanol–water partition coefficient (Wildman–Crippen LogP) is 4.26. The van der Waals surface area contributed by atoms with Gasteiger partial charge in [0, 0.05) is 18.1 Å². The fourth-order valence-electron chi connectivity index (χ4n) is 2.56. The number of esters is 1. The number of benzene rings is 3. The summed E-state index contributed by atoms with van der Waals surface area (Å²) < 4.78 is 18.0. The molecule has 0 atom stereocenters. The number of para-hydroxylation sites is 2. The summed E-state index contributed by atoms with van der Waals surface area (Å²) in [7, 11) is 0. The van der Waals surface area contributed by atoms with Crippen LogP contribution in [0.3, 0.4) is 0 Å². The van der Waals surface area contributed by atoms with Crippen LogP contribution < -0.4 is 15.4 Å². The number of nitrogens with one attached hydrogen (secondary N) is 2. The third kappa shape index (κ3) is 5.26. The lowest BCUT2D eigenvalue weighted by molar-refractivity contribution is -0.131. The van der Waals surface area contributed by atoms with Crippen molar-refractivity contribution in [1.29, 1.82) is 0 Å². The summed E-state index contributed by atoms with van der Waals surface area (Å²) in [4.78, 5) is 36.1. The van der Waals surface area contributed by atoms with Crippen LogP contribution in [0.15, 0.2) is 72.8 Å². The van der Waals surface area contributed by atoms with E-state index in [2.05, 4.69) is 10.6 Å². The molecule has 0 radical (unpaired) electrons. The molecule has 2 N–H and O–H groups in total. The van der Waals surface area contributed by atoms with Crippen molar-refractivity contribution in [2.24, 2.45) is 0 Å². The Morgan fingerprint density at radius 3 is 1.93 bits per heavy atom. The number of carbonyl (C=O) groups is 3. The Bertz CT molecular complexity index is 1060. The first kappa shape index (κ1) is 19.8. The van der Waals surface area contributed by atoms with Crippen LogP contribution in [-0.4, -0.2) is 17.8 Å². The predicted molar refractivity (Wildman–Crippen MR) is 106 cm³/mol. The molecule has 0 spiro atoms. The molecule has 0 aliphatic carbocycles. The van der Waals surface area contributed by atoms with Crippen molar-refractivity contribution >= 4 is 29.2 Å². The van der Waals surface area contributed by atoms with E-state index in [1.54, 1.807) is 42.5 Å². The van der Waals surface area contributed by atoms with E-state index in [0.717, 1.165) is 0 Å². The van der Waals surface area contributed by atoms with Crippen LogP contribution in [0.4, 0.5) is 15.8 Å². The molecule has 0 bridgehead atoms. The molecule has 3 aromatic carbocycles. The number of rotatable bonds is 5. The van der Waals surface area contributed by atoms with Crippen molar-refractivity contribution in [1.82, 2.24) is 0 Å². The molecule has 3 rings (SSSR count). The summed E-state index contributed by atoms with van der Waals surface area (Å²) in [6.45, 7) is 1.27. The van der Waals surface area contributed by atoms with E-state index in [9.17, 15) is 18.8 Å². The van der Waals surface area contributed by atoms with Crippen LogP contribution in [0.25, 0.3) is 0 Å². The molecule has 2 amide bonds. The number of amides is 2. The molecule has 0 heterocycles. The van der Waals surface area contributed by atoms with Gasteiger partial charge in [-0.2, -0.15) is 0 Å². The molecule has 0 saturated heterocycles.